The van der Waals surface area contributed by atoms with Gasteiger partial charge in [0.25, 0.3) is 0 Å². The molecule has 2 aromatic heterocycles. The Morgan fingerprint density at radius 2 is 2.00 bits per heavy atom. The Kier molecular flexibility index (Phi) is 5.81. The number of aromatic nitrogens is 4. The highest BCUT2D eigenvalue weighted by molar-refractivity contribution is 5.74. The number of hydrogen-bond acceptors (Lipinski definition) is 5. The Labute approximate surface area is 147 Å². The Morgan fingerprint density at radius 1 is 1.24 bits per heavy atom. The van der Waals surface area contributed by atoms with E-state index >= 15 is 0 Å². The molecule has 0 spiro atoms. The summed E-state index contributed by atoms with van der Waals surface area (Å²) in [5, 5.41) is 2.98. The van der Waals surface area contributed by atoms with Crippen LogP contribution < -0.4 is 10.1 Å². The minimum absolute atomic E-state index is 0.0208. The quantitative estimate of drug-likeness (QED) is 0.858. The van der Waals surface area contributed by atoms with E-state index in [1.54, 1.807) is 24.7 Å². The van der Waals surface area contributed by atoms with Crippen LogP contribution in [0.25, 0.3) is 0 Å². The summed E-state index contributed by atoms with van der Waals surface area (Å²) in [5.41, 5.74) is 0. The molecular formula is C17H24N6O2. The Balaban J connectivity index is 1.38. The maximum absolute atomic E-state index is 12.3. The van der Waals surface area contributed by atoms with Gasteiger partial charge in [0.2, 0.25) is 0 Å². The first-order chi connectivity index (χ1) is 12.3. The summed E-state index contributed by atoms with van der Waals surface area (Å²) < 4.78 is 7.82. The van der Waals surface area contributed by atoms with Crippen LogP contribution in [0.3, 0.4) is 0 Å². The molecule has 0 unspecified atom stereocenters. The van der Waals surface area contributed by atoms with Gasteiger partial charge in [-0.1, -0.05) is 6.92 Å². The van der Waals surface area contributed by atoms with Gasteiger partial charge < -0.3 is 19.5 Å². The van der Waals surface area contributed by atoms with Crippen molar-refractivity contribution in [1.29, 1.82) is 0 Å². The van der Waals surface area contributed by atoms with Crippen molar-refractivity contribution in [1.82, 2.24) is 29.7 Å². The molecule has 1 aliphatic heterocycles. The van der Waals surface area contributed by atoms with E-state index in [0.717, 1.165) is 31.6 Å². The molecule has 134 valence electrons. The normalized spacial score (nSPS) is 15.2. The van der Waals surface area contributed by atoms with Gasteiger partial charge in [0, 0.05) is 70.2 Å². The van der Waals surface area contributed by atoms with Crippen molar-refractivity contribution >= 4 is 6.03 Å². The lowest BCUT2D eigenvalue weighted by Gasteiger charge is -2.31. The first-order valence-corrected chi connectivity index (χ1v) is 8.72. The first kappa shape index (κ1) is 17.2. The fourth-order valence-corrected chi connectivity index (χ4v) is 2.93. The predicted molar refractivity (Wildman–Crippen MR) is 92.3 cm³/mol. The van der Waals surface area contributed by atoms with Crippen LogP contribution in [0.5, 0.6) is 6.01 Å². The van der Waals surface area contributed by atoms with E-state index in [4.69, 9.17) is 4.74 Å². The largest absolute Gasteiger partial charge is 0.460 e. The van der Waals surface area contributed by atoms with Gasteiger partial charge in [0.15, 0.2) is 0 Å². The number of aryl methyl sites for hydroxylation is 1. The van der Waals surface area contributed by atoms with Crippen molar-refractivity contribution in [2.45, 2.75) is 38.8 Å². The lowest BCUT2D eigenvalue weighted by atomic mass is 10.1. The number of amides is 2. The monoisotopic (exact) mass is 344 g/mol. The molecule has 3 heterocycles. The molecule has 3 rings (SSSR count). The van der Waals surface area contributed by atoms with Gasteiger partial charge in [0.1, 0.15) is 11.9 Å². The molecule has 0 radical (unpaired) electrons. The highest BCUT2D eigenvalue weighted by Crippen LogP contribution is 2.15. The second-order valence-corrected chi connectivity index (χ2v) is 5.96. The fraction of sp³-hybridized carbons (Fsp3) is 0.529. The topological polar surface area (TPSA) is 85.2 Å². The highest BCUT2D eigenvalue weighted by Gasteiger charge is 2.24. The lowest BCUT2D eigenvalue weighted by molar-refractivity contribution is 0.103. The Bertz CT molecular complexity index is 667. The van der Waals surface area contributed by atoms with Gasteiger partial charge in [-0.05, 0) is 6.07 Å². The van der Waals surface area contributed by atoms with Gasteiger partial charge >= 0.3 is 12.0 Å². The second-order valence-electron chi connectivity index (χ2n) is 5.96. The second kappa shape index (κ2) is 8.46. The van der Waals surface area contributed by atoms with Crippen LogP contribution in [-0.4, -0.2) is 56.2 Å². The van der Waals surface area contributed by atoms with Gasteiger partial charge in [-0.15, -0.1) is 0 Å². The number of hydrogen-bond donors (Lipinski definition) is 1. The van der Waals surface area contributed by atoms with Crippen LogP contribution in [0.2, 0.25) is 0 Å². The summed E-state index contributed by atoms with van der Waals surface area (Å²) in [6, 6.07) is 2.14. The number of rotatable bonds is 6. The third-order valence-electron chi connectivity index (χ3n) is 4.29. The van der Waals surface area contributed by atoms with Crippen LogP contribution in [0.15, 0.2) is 30.9 Å². The molecule has 2 aromatic rings. The van der Waals surface area contributed by atoms with Crippen LogP contribution in [-0.2, 0) is 13.0 Å². The summed E-state index contributed by atoms with van der Waals surface area (Å²) in [4.78, 5) is 26.5. The minimum Gasteiger partial charge on any atom is -0.460 e. The zero-order valence-electron chi connectivity index (χ0n) is 14.5. The molecule has 0 bridgehead atoms. The van der Waals surface area contributed by atoms with Crippen LogP contribution in [0, 0.1) is 0 Å². The van der Waals surface area contributed by atoms with Crippen molar-refractivity contribution in [2.75, 3.05) is 19.6 Å². The van der Waals surface area contributed by atoms with E-state index in [1.165, 1.54) is 0 Å². The van der Waals surface area contributed by atoms with Crippen LogP contribution >= 0.6 is 0 Å². The summed E-state index contributed by atoms with van der Waals surface area (Å²) in [6.45, 7) is 4.75. The molecule has 1 fully saturated rings. The number of imidazole rings is 1. The Morgan fingerprint density at radius 3 is 2.72 bits per heavy atom. The zero-order chi connectivity index (χ0) is 17.5. The molecule has 1 saturated heterocycles. The minimum atomic E-state index is -0.0208. The third kappa shape index (κ3) is 4.68. The predicted octanol–water partition coefficient (Wildman–Crippen LogP) is 1.49. The number of carbonyl (C=O) groups excluding carboxylic acids is 1. The first-order valence-electron chi connectivity index (χ1n) is 8.72. The van der Waals surface area contributed by atoms with Gasteiger partial charge in [-0.3, -0.25) is 0 Å². The number of likely N-dealkylation sites (tertiary alicyclic amines) is 1. The number of urea groups is 1. The number of nitrogens with zero attached hydrogens (tertiary/aromatic N) is 5. The summed E-state index contributed by atoms with van der Waals surface area (Å²) >= 11 is 0. The maximum atomic E-state index is 12.3. The smallest absolute Gasteiger partial charge is 0.317 e. The summed E-state index contributed by atoms with van der Waals surface area (Å²) in [6.07, 6.45) is 9.58. The van der Waals surface area contributed by atoms with E-state index in [1.807, 2.05) is 11.1 Å². The molecular weight excluding hydrogens is 320 g/mol. The SMILES string of the molecule is CCc1nccn1CCNC(=O)N1CCC(Oc2ncccn2)CC1. The summed E-state index contributed by atoms with van der Waals surface area (Å²) in [5.74, 6) is 1.04. The van der Waals surface area contributed by atoms with E-state index in [-0.39, 0.29) is 12.1 Å². The Hall–Kier alpha value is -2.64. The number of piperidine rings is 1. The van der Waals surface area contributed by atoms with Gasteiger partial charge in [-0.2, -0.15) is 0 Å². The fourth-order valence-electron chi connectivity index (χ4n) is 2.93. The van der Waals surface area contributed by atoms with Crippen LogP contribution in [0.1, 0.15) is 25.6 Å². The van der Waals surface area contributed by atoms with Crippen molar-refractivity contribution < 1.29 is 9.53 Å². The maximum Gasteiger partial charge on any atom is 0.317 e. The van der Waals surface area contributed by atoms with Crippen molar-refractivity contribution in [2.24, 2.45) is 0 Å². The van der Waals surface area contributed by atoms with Gasteiger partial charge in [0.05, 0.1) is 0 Å². The summed E-state index contributed by atoms with van der Waals surface area (Å²) in [7, 11) is 0. The van der Waals surface area contributed by atoms with E-state index in [9.17, 15) is 4.79 Å². The molecule has 2 amide bonds. The molecule has 25 heavy (non-hydrogen) atoms. The standard InChI is InChI=1S/C17H24N6O2/c1-2-15-18-8-12-22(15)13-9-21-17(24)23-10-4-14(5-11-23)25-16-19-6-3-7-20-16/h3,6-8,12,14H,2,4-5,9-11,13H2,1H3,(H,21,24). The lowest BCUT2D eigenvalue weighted by Crippen LogP contribution is -2.47. The third-order valence-corrected chi connectivity index (χ3v) is 4.29. The number of carbonyl (C=O) groups is 1. The molecule has 0 aromatic carbocycles. The van der Waals surface area contributed by atoms with E-state index in [2.05, 4.69) is 31.8 Å². The molecule has 1 aliphatic rings. The van der Waals surface area contributed by atoms with Crippen LogP contribution in [0.4, 0.5) is 4.79 Å². The van der Waals surface area contributed by atoms with E-state index < -0.39 is 0 Å². The molecule has 1 N–H and O–H groups in total. The van der Waals surface area contributed by atoms with E-state index in [0.29, 0.717) is 25.6 Å². The number of nitrogens with one attached hydrogen (secondary N) is 1. The highest BCUT2D eigenvalue weighted by atomic mass is 16.5. The van der Waals surface area contributed by atoms with Crippen molar-refractivity contribution in [3.63, 3.8) is 0 Å². The zero-order valence-corrected chi connectivity index (χ0v) is 14.5. The average molecular weight is 344 g/mol. The molecule has 8 heteroatoms. The molecule has 0 atom stereocenters. The average Bonchev–Trinajstić information content (AvgIpc) is 3.10. The molecule has 0 aliphatic carbocycles. The van der Waals surface area contributed by atoms with Gasteiger partial charge in [-0.25, -0.2) is 19.7 Å². The van der Waals surface area contributed by atoms with Crippen molar-refractivity contribution in [3.05, 3.63) is 36.7 Å². The van der Waals surface area contributed by atoms with Crippen molar-refractivity contribution in [3.8, 4) is 6.01 Å². The number of ether oxygens (including phenoxy) is 1. The molecule has 0 saturated carbocycles. The molecule has 8 nitrogen and oxygen atoms in total.